The molecule has 1 saturated heterocycles. The van der Waals surface area contributed by atoms with Crippen molar-refractivity contribution in [2.24, 2.45) is 0 Å². The van der Waals surface area contributed by atoms with Crippen LogP contribution in [0.1, 0.15) is 6.92 Å². The second kappa shape index (κ2) is 0.932. The van der Waals surface area contributed by atoms with Crippen LogP contribution in [-0.4, -0.2) is 13.1 Å². The summed E-state index contributed by atoms with van der Waals surface area (Å²) in [4.78, 5) is 8.65. The highest BCUT2D eigenvalue weighted by Crippen LogP contribution is 2.27. The number of rotatable bonds is 1. The molecule has 1 rings (SSSR count). The molecule has 0 amide bonds. The molecule has 6 heavy (non-hydrogen) atoms. The fourth-order valence-electron chi connectivity index (χ4n) is 0.127. The summed E-state index contributed by atoms with van der Waals surface area (Å²) in [7, 11) is 1.52. The van der Waals surface area contributed by atoms with Crippen LogP contribution in [0.5, 0.6) is 0 Å². The van der Waals surface area contributed by atoms with E-state index in [1.807, 2.05) is 0 Å². The summed E-state index contributed by atoms with van der Waals surface area (Å²) >= 11 is 0. The summed E-state index contributed by atoms with van der Waals surface area (Å²) in [5, 5.41) is 0. The van der Waals surface area contributed by atoms with Gasteiger partial charge in [-0.1, -0.05) is 0 Å². The Labute approximate surface area is 35.7 Å². The van der Waals surface area contributed by atoms with Crippen molar-refractivity contribution in [2.75, 3.05) is 7.11 Å². The summed E-state index contributed by atoms with van der Waals surface area (Å²) < 4.78 is 4.60. The SMILES string of the molecule is COC1(C)OO1. The van der Waals surface area contributed by atoms with Crippen molar-refractivity contribution in [1.82, 2.24) is 0 Å². The Hall–Kier alpha value is -0.120. The number of methoxy groups -OCH3 is 1. The van der Waals surface area contributed by atoms with Crippen LogP contribution in [0.2, 0.25) is 0 Å². The van der Waals surface area contributed by atoms with Crippen molar-refractivity contribution >= 4 is 0 Å². The van der Waals surface area contributed by atoms with E-state index in [0.29, 0.717) is 0 Å². The van der Waals surface area contributed by atoms with Gasteiger partial charge in [-0.15, -0.1) is 0 Å². The minimum atomic E-state index is -0.708. The number of hydrogen-bond donors (Lipinski definition) is 0. The van der Waals surface area contributed by atoms with E-state index in [0.717, 1.165) is 0 Å². The van der Waals surface area contributed by atoms with Crippen molar-refractivity contribution < 1.29 is 14.5 Å². The highest BCUT2D eigenvalue weighted by molar-refractivity contribution is 4.45. The Morgan fingerprint density at radius 1 is 1.50 bits per heavy atom. The standard InChI is InChI=1S/C3H6O3/c1-3(4-2)5-6-3/h1-2H3. The molecule has 0 N–H and O–H groups in total. The van der Waals surface area contributed by atoms with Gasteiger partial charge in [-0.3, -0.25) is 0 Å². The van der Waals surface area contributed by atoms with Crippen LogP contribution in [0.3, 0.4) is 0 Å². The first-order chi connectivity index (χ1) is 2.77. The van der Waals surface area contributed by atoms with E-state index in [4.69, 9.17) is 0 Å². The van der Waals surface area contributed by atoms with Gasteiger partial charge in [-0.2, -0.15) is 9.78 Å². The van der Waals surface area contributed by atoms with Gasteiger partial charge in [0.1, 0.15) is 0 Å². The fourth-order valence-corrected chi connectivity index (χ4v) is 0.127. The molecule has 0 radical (unpaired) electrons. The third kappa shape index (κ3) is 0.518. The third-order valence-electron chi connectivity index (χ3n) is 0.689. The van der Waals surface area contributed by atoms with Crippen LogP contribution >= 0.6 is 0 Å². The van der Waals surface area contributed by atoms with Crippen LogP contribution in [0.15, 0.2) is 0 Å². The van der Waals surface area contributed by atoms with Crippen molar-refractivity contribution in [2.45, 2.75) is 12.9 Å². The molecule has 36 valence electrons. The summed E-state index contributed by atoms with van der Waals surface area (Å²) in [5.41, 5.74) is 0. The Kier molecular flexibility index (Phi) is 0.629. The molecule has 0 aromatic heterocycles. The maximum absolute atomic E-state index is 4.60. The van der Waals surface area contributed by atoms with Crippen molar-refractivity contribution in [3.63, 3.8) is 0 Å². The lowest BCUT2D eigenvalue weighted by Gasteiger charge is -1.88. The average Bonchev–Trinajstić information content (AvgIpc) is 2.22. The van der Waals surface area contributed by atoms with Gasteiger partial charge in [0.2, 0.25) is 0 Å². The Bertz CT molecular complexity index is 57.1. The zero-order chi connectivity index (χ0) is 4.62. The quantitative estimate of drug-likeness (QED) is 0.342. The Balaban J connectivity index is 2.28. The van der Waals surface area contributed by atoms with Gasteiger partial charge in [0.25, 0.3) is 0 Å². The van der Waals surface area contributed by atoms with Gasteiger partial charge in [-0.25, -0.2) is 0 Å². The topological polar surface area (TPSA) is 34.3 Å². The van der Waals surface area contributed by atoms with E-state index in [1.165, 1.54) is 7.11 Å². The van der Waals surface area contributed by atoms with E-state index in [1.54, 1.807) is 6.92 Å². The van der Waals surface area contributed by atoms with Crippen LogP contribution < -0.4 is 0 Å². The highest BCUT2D eigenvalue weighted by Gasteiger charge is 2.43. The smallest absolute Gasteiger partial charge is 0.327 e. The summed E-state index contributed by atoms with van der Waals surface area (Å²) in [5.74, 6) is -0.708. The lowest BCUT2D eigenvalue weighted by molar-refractivity contribution is -0.00241. The second-order valence-electron chi connectivity index (χ2n) is 1.23. The van der Waals surface area contributed by atoms with E-state index < -0.39 is 5.97 Å². The number of hydrogen-bond acceptors (Lipinski definition) is 3. The first-order valence-electron chi connectivity index (χ1n) is 1.69. The molecule has 0 aromatic carbocycles. The minimum Gasteiger partial charge on any atom is -0.327 e. The highest BCUT2D eigenvalue weighted by atomic mass is 17.4. The van der Waals surface area contributed by atoms with E-state index in [9.17, 15) is 0 Å². The predicted octanol–water partition coefficient (Wildman–Crippen LogP) is 0.268. The number of ether oxygens (including phenoxy) is 1. The van der Waals surface area contributed by atoms with Crippen LogP contribution in [0, 0.1) is 0 Å². The van der Waals surface area contributed by atoms with Crippen molar-refractivity contribution in [3.8, 4) is 0 Å². The van der Waals surface area contributed by atoms with Gasteiger partial charge < -0.3 is 4.74 Å². The molecule has 1 aliphatic heterocycles. The lowest BCUT2D eigenvalue weighted by Crippen LogP contribution is -2.04. The average molecular weight is 90.1 g/mol. The molecule has 0 aromatic rings. The van der Waals surface area contributed by atoms with Crippen LogP contribution in [0.25, 0.3) is 0 Å². The maximum Gasteiger partial charge on any atom is 0.337 e. The largest absolute Gasteiger partial charge is 0.337 e. The summed E-state index contributed by atoms with van der Waals surface area (Å²) in [6, 6.07) is 0. The molecule has 0 saturated carbocycles. The van der Waals surface area contributed by atoms with Gasteiger partial charge >= 0.3 is 5.97 Å². The van der Waals surface area contributed by atoms with Crippen LogP contribution in [0.4, 0.5) is 0 Å². The Morgan fingerprint density at radius 3 is 2.00 bits per heavy atom. The Morgan fingerprint density at radius 2 is 2.00 bits per heavy atom. The van der Waals surface area contributed by atoms with E-state index >= 15 is 0 Å². The monoisotopic (exact) mass is 90.0 g/mol. The second-order valence-corrected chi connectivity index (χ2v) is 1.23. The van der Waals surface area contributed by atoms with E-state index in [2.05, 4.69) is 14.5 Å². The minimum absolute atomic E-state index is 0.708. The lowest BCUT2D eigenvalue weighted by atomic mass is 10.7. The maximum atomic E-state index is 4.60. The molecule has 0 atom stereocenters. The zero-order valence-corrected chi connectivity index (χ0v) is 3.72. The molecule has 1 fully saturated rings. The molecular formula is C3H6O3. The molecular weight excluding hydrogens is 84.0 g/mol. The zero-order valence-electron chi connectivity index (χ0n) is 3.72. The first kappa shape index (κ1) is 4.05. The third-order valence-corrected chi connectivity index (χ3v) is 0.689. The molecule has 0 bridgehead atoms. The van der Waals surface area contributed by atoms with Gasteiger partial charge in [0, 0.05) is 14.0 Å². The van der Waals surface area contributed by atoms with Gasteiger partial charge in [0.05, 0.1) is 0 Å². The molecule has 0 aliphatic carbocycles. The van der Waals surface area contributed by atoms with E-state index in [-0.39, 0.29) is 0 Å². The molecule has 1 heterocycles. The fraction of sp³-hybridized carbons (Fsp3) is 1.00. The summed E-state index contributed by atoms with van der Waals surface area (Å²) in [6.45, 7) is 1.69. The first-order valence-corrected chi connectivity index (χ1v) is 1.69. The molecule has 3 nitrogen and oxygen atoms in total. The normalized spacial score (nSPS) is 27.0. The van der Waals surface area contributed by atoms with Crippen molar-refractivity contribution in [1.29, 1.82) is 0 Å². The molecule has 0 unspecified atom stereocenters. The summed E-state index contributed by atoms with van der Waals surface area (Å²) in [6.07, 6.45) is 0. The van der Waals surface area contributed by atoms with Gasteiger partial charge in [-0.05, 0) is 0 Å². The molecule has 3 heteroatoms. The van der Waals surface area contributed by atoms with Crippen LogP contribution in [-0.2, 0) is 14.5 Å². The molecule has 0 spiro atoms. The van der Waals surface area contributed by atoms with Crippen molar-refractivity contribution in [3.05, 3.63) is 0 Å². The molecule has 1 aliphatic rings. The van der Waals surface area contributed by atoms with Gasteiger partial charge in [0.15, 0.2) is 0 Å². The predicted molar refractivity (Wildman–Crippen MR) is 17.6 cm³/mol.